The van der Waals surface area contributed by atoms with Gasteiger partial charge >= 0.3 is 5.97 Å². The summed E-state index contributed by atoms with van der Waals surface area (Å²) in [5.41, 5.74) is 0.710. The molecule has 2 aromatic carbocycles. The molecule has 0 fully saturated rings. The monoisotopic (exact) mass is 417 g/mol. The number of hydrogen-bond acceptors (Lipinski definition) is 5. The van der Waals surface area contributed by atoms with Crippen molar-refractivity contribution in [1.82, 2.24) is 0 Å². The van der Waals surface area contributed by atoms with Crippen molar-refractivity contribution in [1.29, 1.82) is 0 Å². The Morgan fingerprint density at radius 2 is 1.81 bits per heavy atom. The number of anilines is 1. The van der Waals surface area contributed by atoms with Crippen molar-refractivity contribution >= 4 is 44.9 Å². The first-order valence-electron chi connectivity index (χ1n) is 7.40. The lowest BCUT2D eigenvalue weighted by atomic mass is 10.2. The molecule has 0 spiro atoms. The number of halogens is 2. The van der Waals surface area contributed by atoms with Crippen LogP contribution in [0.15, 0.2) is 41.3 Å². The molecule has 140 valence electrons. The summed E-state index contributed by atoms with van der Waals surface area (Å²) in [6.07, 6.45) is 0. The van der Waals surface area contributed by atoms with E-state index in [0.29, 0.717) is 11.3 Å². The first-order valence-corrected chi connectivity index (χ1v) is 9.59. The fourth-order valence-electron chi connectivity index (χ4n) is 2.30. The van der Waals surface area contributed by atoms with E-state index in [0.717, 1.165) is 4.31 Å². The number of ether oxygens (including phenoxy) is 2. The third-order valence-corrected chi connectivity index (χ3v) is 5.94. The maximum atomic E-state index is 13.2. The van der Waals surface area contributed by atoms with E-state index in [-0.39, 0.29) is 20.6 Å². The van der Waals surface area contributed by atoms with Crippen LogP contribution in [0.25, 0.3) is 0 Å². The molecule has 0 bridgehead atoms. The Morgan fingerprint density at radius 1 is 1.12 bits per heavy atom. The number of carbonyl (C=O) groups excluding carboxylic acids is 1. The van der Waals surface area contributed by atoms with Crippen molar-refractivity contribution in [2.75, 3.05) is 25.1 Å². The Hall–Kier alpha value is -1.96. The number of carbonyl (C=O) groups is 1. The quantitative estimate of drug-likeness (QED) is 0.670. The molecule has 0 aromatic heterocycles. The van der Waals surface area contributed by atoms with Crippen LogP contribution in [0.5, 0.6) is 5.75 Å². The van der Waals surface area contributed by atoms with Crippen LogP contribution >= 0.6 is 23.2 Å². The second-order valence-electron chi connectivity index (χ2n) is 5.31. The lowest BCUT2D eigenvalue weighted by Gasteiger charge is -2.24. The van der Waals surface area contributed by atoms with Gasteiger partial charge in [0, 0.05) is 5.02 Å². The summed E-state index contributed by atoms with van der Waals surface area (Å²) < 4.78 is 37.0. The lowest BCUT2D eigenvalue weighted by Crippen LogP contribution is -2.36. The third kappa shape index (κ3) is 4.23. The van der Waals surface area contributed by atoms with E-state index in [9.17, 15) is 13.2 Å². The van der Waals surface area contributed by atoms with E-state index in [1.165, 1.54) is 50.6 Å². The number of aryl methyl sites for hydroxylation is 1. The summed E-state index contributed by atoms with van der Waals surface area (Å²) in [6, 6.07) is 8.74. The zero-order valence-electron chi connectivity index (χ0n) is 14.3. The Morgan fingerprint density at radius 3 is 2.38 bits per heavy atom. The van der Waals surface area contributed by atoms with E-state index in [4.69, 9.17) is 27.9 Å². The van der Waals surface area contributed by atoms with Gasteiger partial charge in [0.05, 0.1) is 29.8 Å². The minimum absolute atomic E-state index is 0.0178. The van der Waals surface area contributed by atoms with Gasteiger partial charge in [-0.2, -0.15) is 0 Å². The van der Waals surface area contributed by atoms with Crippen molar-refractivity contribution in [3.05, 3.63) is 52.0 Å². The zero-order valence-corrected chi connectivity index (χ0v) is 16.7. The van der Waals surface area contributed by atoms with E-state index in [2.05, 4.69) is 4.74 Å². The van der Waals surface area contributed by atoms with Gasteiger partial charge in [0.15, 0.2) is 0 Å². The number of benzene rings is 2. The highest BCUT2D eigenvalue weighted by atomic mass is 35.5. The number of rotatable bonds is 6. The van der Waals surface area contributed by atoms with Crippen molar-refractivity contribution in [2.24, 2.45) is 0 Å². The predicted octanol–water partition coefficient (Wildman–Crippen LogP) is 3.68. The zero-order chi connectivity index (χ0) is 19.5. The average Bonchev–Trinajstić information content (AvgIpc) is 2.61. The third-order valence-electron chi connectivity index (χ3n) is 3.63. The molecular weight excluding hydrogens is 401 g/mol. The average molecular weight is 418 g/mol. The van der Waals surface area contributed by atoms with E-state index < -0.39 is 22.5 Å². The molecule has 0 heterocycles. The van der Waals surface area contributed by atoms with E-state index in [1.54, 1.807) is 6.92 Å². The van der Waals surface area contributed by atoms with Gasteiger partial charge in [0.1, 0.15) is 12.3 Å². The number of sulfonamides is 1. The number of nitrogens with zero attached hydrogens (tertiary/aromatic N) is 1. The molecule has 2 aromatic rings. The van der Waals surface area contributed by atoms with Crippen LogP contribution in [0, 0.1) is 6.92 Å². The van der Waals surface area contributed by atoms with Crippen molar-refractivity contribution in [2.45, 2.75) is 11.8 Å². The number of hydrogen-bond donors (Lipinski definition) is 0. The topological polar surface area (TPSA) is 72.9 Å². The van der Waals surface area contributed by atoms with Crippen LogP contribution in [0.3, 0.4) is 0 Å². The van der Waals surface area contributed by atoms with Gasteiger partial charge < -0.3 is 9.47 Å². The molecule has 0 aliphatic carbocycles. The summed E-state index contributed by atoms with van der Waals surface area (Å²) >= 11 is 12.1. The molecule has 0 unspecified atom stereocenters. The lowest BCUT2D eigenvalue weighted by molar-refractivity contribution is -0.138. The van der Waals surface area contributed by atoms with Crippen LogP contribution in [0.1, 0.15) is 5.56 Å². The van der Waals surface area contributed by atoms with Gasteiger partial charge in [-0.1, -0.05) is 23.2 Å². The Balaban J connectivity index is 2.61. The molecule has 0 aliphatic heterocycles. The fourth-order valence-corrected chi connectivity index (χ4v) is 4.24. The van der Waals surface area contributed by atoms with Crippen molar-refractivity contribution in [3.8, 4) is 5.75 Å². The molecular formula is C17H17Cl2NO5S. The molecule has 0 saturated heterocycles. The summed E-state index contributed by atoms with van der Waals surface area (Å²) in [4.78, 5) is 11.8. The molecule has 0 N–H and O–H groups in total. The van der Waals surface area contributed by atoms with E-state index >= 15 is 0 Å². The first kappa shape index (κ1) is 20.4. The maximum Gasteiger partial charge on any atom is 0.326 e. The van der Waals surface area contributed by atoms with Gasteiger partial charge in [0.2, 0.25) is 0 Å². The Bertz CT molecular complexity index is 931. The molecule has 2 rings (SSSR count). The van der Waals surface area contributed by atoms with Crippen LogP contribution in [-0.2, 0) is 19.6 Å². The highest BCUT2D eigenvalue weighted by molar-refractivity contribution is 7.92. The molecule has 0 radical (unpaired) electrons. The van der Waals surface area contributed by atoms with Gasteiger partial charge in [0.25, 0.3) is 10.0 Å². The van der Waals surface area contributed by atoms with Crippen LogP contribution in [0.2, 0.25) is 10.0 Å². The normalized spacial score (nSPS) is 11.1. The number of esters is 1. The Labute approximate surface area is 162 Å². The predicted molar refractivity (Wildman–Crippen MR) is 101 cm³/mol. The van der Waals surface area contributed by atoms with Crippen molar-refractivity contribution < 1.29 is 22.7 Å². The molecule has 0 aliphatic rings. The summed E-state index contributed by atoms with van der Waals surface area (Å²) in [5, 5.41) is 0.410. The SMILES string of the molecule is COC(=O)CN(c1cc(Cl)ccc1Cl)S(=O)(=O)c1ccc(OC)c(C)c1. The van der Waals surface area contributed by atoms with Gasteiger partial charge in [-0.3, -0.25) is 9.10 Å². The summed E-state index contributed by atoms with van der Waals surface area (Å²) in [5.74, 6) is -0.195. The van der Waals surface area contributed by atoms with Gasteiger partial charge in [-0.15, -0.1) is 0 Å². The minimum atomic E-state index is -4.11. The smallest absolute Gasteiger partial charge is 0.326 e. The largest absolute Gasteiger partial charge is 0.496 e. The van der Waals surface area contributed by atoms with Crippen LogP contribution in [-0.4, -0.2) is 35.2 Å². The maximum absolute atomic E-state index is 13.2. The molecule has 9 heteroatoms. The second kappa shape index (κ2) is 8.16. The molecule has 0 amide bonds. The molecule has 0 atom stereocenters. The molecule has 26 heavy (non-hydrogen) atoms. The molecule has 6 nitrogen and oxygen atoms in total. The van der Waals surface area contributed by atoms with Crippen LogP contribution < -0.4 is 9.04 Å². The fraction of sp³-hybridized carbons (Fsp3) is 0.235. The minimum Gasteiger partial charge on any atom is -0.496 e. The van der Waals surface area contributed by atoms with Crippen molar-refractivity contribution in [3.63, 3.8) is 0 Å². The first-order chi connectivity index (χ1) is 12.2. The van der Waals surface area contributed by atoms with E-state index in [1.807, 2.05) is 0 Å². The van der Waals surface area contributed by atoms with Gasteiger partial charge in [-0.05, 0) is 48.9 Å². The second-order valence-corrected chi connectivity index (χ2v) is 8.02. The highest BCUT2D eigenvalue weighted by Crippen LogP contribution is 2.33. The molecule has 0 saturated carbocycles. The van der Waals surface area contributed by atoms with Crippen LogP contribution in [0.4, 0.5) is 5.69 Å². The standard InChI is InChI=1S/C17H17Cl2NO5S/c1-11-8-13(5-7-16(11)24-2)26(22,23)20(10-17(21)25-3)15-9-12(18)4-6-14(15)19/h4-9H,10H2,1-3H3. The summed E-state index contributed by atoms with van der Waals surface area (Å²) in [7, 11) is -1.45. The van der Waals surface area contributed by atoms with Gasteiger partial charge in [-0.25, -0.2) is 8.42 Å². The highest BCUT2D eigenvalue weighted by Gasteiger charge is 2.29. The Kier molecular flexibility index (Phi) is 6.39. The number of methoxy groups -OCH3 is 2. The summed E-state index contributed by atoms with van der Waals surface area (Å²) in [6.45, 7) is 1.17.